The standard InChI is InChI=1S/C43H48N2/c1-40(2,3)27-21-23-29(24-22-27)44(28-15-11-10-12-16-28)30-25-35-39-36(26-30)43(8,9)34-20-14-18-32-38(34)45(39)37-31(41(32,4)5)17-13-19-33(37)42(35,6)7/h10-13,15-17,19-24,26,30H,14,18,25H2,1-9H3. The lowest BCUT2D eigenvalue weighted by atomic mass is 9.56. The summed E-state index contributed by atoms with van der Waals surface area (Å²) in [4.78, 5) is 5.35. The summed E-state index contributed by atoms with van der Waals surface area (Å²) in [6.45, 7) is 21.8. The zero-order chi connectivity index (χ0) is 31.7. The van der Waals surface area contributed by atoms with Gasteiger partial charge in [-0.05, 0) is 87.9 Å². The van der Waals surface area contributed by atoms with Crippen LogP contribution in [0, 0.1) is 5.41 Å². The molecular weight excluding hydrogens is 544 g/mol. The normalized spacial score (nSPS) is 23.3. The molecule has 0 amide bonds. The molecule has 1 fully saturated rings. The molecule has 5 aliphatic rings. The van der Waals surface area contributed by atoms with E-state index in [0.29, 0.717) is 0 Å². The molecule has 1 atom stereocenters. The molecule has 2 aliphatic carbocycles. The third-order valence-electron chi connectivity index (χ3n) is 11.9. The van der Waals surface area contributed by atoms with Crippen LogP contribution in [0.4, 0.5) is 17.1 Å². The number of hydrogen-bond acceptors (Lipinski definition) is 2. The van der Waals surface area contributed by atoms with Crippen LogP contribution in [0.5, 0.6) is 0 Å². The van der Waals surface area contributed by atoms with Crippen molar-refractivity contribution in [3.8, 4) is 0 Å². The van der Waals surface area contributed by atoms with Gasteiger partial charge in [0.05, 0.1) is 23.1 Å². The fraction of sp³-hybridized carbons (Fsp3) is 0.395. The minimum atomic E-state index is -0.0921. The van der Waals surface area contributed by atoms with E-state index in [0.717, 1.165) is 19.3 Å². The van der Waals surface area contributed by atoms with Crippen LogP contribution in [-0.4, -0.2) is 6.04 Å². The molecule has 3 aromatic rings. The number of allylic oxidation sites excluding steroid dienone is 4. The molecular formula is C43H48N2. The van der Waals surface area contributed by atoms with Crippen molar-refractivity contribution < 1.29 is 0 Å². The van der Waals surface area contributed by atoms with E-state index in [-0.39, 0.29) is 27.7 Å². The third-order valence-corrected chi connectivity index (χ3v) is 11.9. The van der Waals surface area contributed by atoms with E-state index < -0.39 is 0 Å². The quantitative estimate of drug-likeness (QED) is 0.298. The molecule has 0 saturated carbocycles. The van der Waals surface area contributed by atoms with Crippen molar-refractivity contribution in [2.45, 2.75) is 104 Å². The van der Waals surface area contributed by atoms with Crippen LogP contribution >= 0.6 is 0 Å². The van der Waals surface area contributed by atoms with Crippen LogP contribution in [0.2, 0.25) is 0 Å². The maximum atomic E-state index is 2.75. The van der Waals surface area contributed by atoms with Crippen LogP contribution in [0.15, 0.2) is 119 Å². The molecule has 8 rings (SSSR count). The van der Waals surface area contributed by atoms with Gasteiger partial charge in [-0.15, -0.1) is 0 Å². The number of anilines is 3. The Hall–Kier alpha value is -3.78. The molecule has 230 valence electrons. The average Bonchev–Trinajstić information content (AvgIpc) is 3.00. The van der Waals surface area contributed by atoms with Crippen LogP contribution < -0.4 is 9.80 Å². The Kier molecular flexibility index (Phi) is 5.83. The molecule has 1 unspecified atom stereocenters. The molecule has 1 saturated heterocycles. The van der Waals surface area contributed by atoms with Gasteiger partial charge in [0.15, 0.2) is 0 Å². The summed E-state index contributed by atoms with van der Waals surface area (Å²) >= 11 is 0. The van der Waals surface area contributed by atoms with Crippen LogP contribution in [0.3, 0.4) is 0 Å². The van der Waals surface area contributed by atoms with Gasteiger partial charge in [-0.3, -0.25) is 0 Å². The summed E-state index contributed by atoms with van der Waals surface area (Å²) in [5.41, 5.74) is 17.4. The van der Waals surface area contributed by atoms with E-state index in [9.17, 15) is 0 Å². The van der Waals surface area contributed by atoms with Crippen molar-refractivity contribution in [2.24, 2.45) is 5.41 Å². The van der Waals surface area contributed by atoms with Crippen molar-refractivity contribution in [3.05, 3.63) is 135 Å². The van der Waals surface area contributed by atoms with Crippen molar-refractivity contribution in [1.82, 2.24) is 0 Å². The van der Waals surface area contributed by atoms with Crippen molar-refractivity contribution >= 4 is 17.1 Å². The first-order chi connectivity index (χ1) is 21.2. The summed E-state index contributed by atoms with van der Waals surface area (Å²) in [6.07, 6.45) is 8.47. The molecule has 0 spiro atoms. The number of benzene rings is 3. The molecule has 0 radical (unpaired) electrons. The lowest BCUT2D eigenvalue weighted by molar-refractivity contribution is 0.449. The fourth-order valence-corrected chi connectivity index (χ4v) is 9.27. The van der Waals surface area contributed by atoms with Crippen LogP contribution in [0.1, 0.15) is 98.3 Å². The van der Waals surface area contributed by atoms with E-state index in [4.69, 9.17) is 0 Å². The summed E-state index contributed by atoms with van der Waals surface area (Å²) in [5, 5.41) is 0. The zero-order valence-electron chi connectivity index (χ0n) is 28.7. The van der Waals surface area contributed by atoms with Gasteiger partial charge in [0, 0.05) is 27.6 Å². The monoisotopic (exact) mass is 592 g/mol. The molecule has 2 nitrogen and oxygen atoms in total. The Morgan fingerprint density at radius 1 is 0.667 bits per heavy atom. The molecule has 3 aromatic carbocycles. The van der Waals surface area contributed by atoms with Gasteiger partial charge >= 0.3 is 0 Å². The van der Waals surface area contributed by atoms with Crippen molar-refractivity contribution in [2.75, 3.05) is 9.80 Å². The van der Waals surface area contributed by atoms with Gasteiger partial charge in [-0.1, -0.05) is 123 Å². The zero-order valence-corrected chi connectivity index (χ0v) is 28.7. The molecule has 45 heavy (non-hydrogen) atoms. The topological polar surface area (TPSA) is 6.48 Å². The summed E-state index contributed by atoms with van der Waals surface area (Å²) < 4.78 is 0. The van der Waals surface area contributed by atoms with Crippen molar-refractivity contribution in [1.29, 1.82) is 0 Å². The Balaban J connectivity index is 1.38. The van der Waals surface area contributed by atoms with Crippen molar-refractivity contribution in [3.63, 3.8) is 0 Å². The number of rotatable bonds is 3. The Morgan fingerprint density at radius 2 is 1.27 bits per heavy atom. The number of nitrogens with zero attached hydrogens (tertiary/aromatic N) is 2. The summed E-state index contributed by atoms with van der Waals surface area (Å²) in [5.74, 6) is 0. The Labute approximate surface area is 270 Å². The van der Waals surface area contributed by atoms with E-state index >= 15 is 0 Å². The van der Waals surface area contributed by atoms with Gasteiger partial charge in [0.1, 0.15) is 0 Å². The molecule has 2 heteroatoms. The second kappa shape index (κ2) is 9.15. The molecule has 0 bridgehead atoms. The first kappa shape index (κ1) is 28.7. The summed E-state index contributed by atoms with van der Waals surface area (Å²) in [6, 6.07) is 27.8. The van der Waals surface area contributed by atoms with Gasteiger partial charge in [0.2, 0.25) is 0 Å². The minimum Gasteiger partial charge on any atom is -0.334 e. The van der Waals surface area contributed by atoms with Gasteiger partial charge < -0.3 is 9.80 Å². The SMILES string of the molecule is CC1(C)C2=CCCC3=C2N2C4=C(CC(N(c5ccccc5)c5ccc(C(C)(C)C)cc5)C=C41)C(C)(C)c1cccc(c12)C3(C)C. The van der Waals surface area contributed by atoms with Crippen LogP contribution in [0.25, 0.3) is 0 Å². The van der Waals surface area contributed by atoms with Crippen LogP contribution in [-0.2, 0) is 16.2 Å². The molecule has 0 N–H and O–H groups in total. The highest BCUT2D eigenvalue weighted by molar-refractivity contribution is 5.87. The molecule has 0 aromatic heterocycles. The predicted molar refractivity (Wildman–Crippen MR) is 190 cm³/mol. The minimum absolute atomic E-state index is 0.0165. The second-order valence-electron chi connectivity index (χ2n) is 16.6. The smallest absolute Gasteiger partial charge is 0.0567 e. The average molecular weight is 593 g/mol. The highest BCUT2D eigenvalue weighted by atomic mass is 15.2. The van der Waals surface area contributed by atoms with Gasteiger partial charge in [-0.25, -0.2) is 0 Å². The summed E-state index contributed by atoms with van der Waals surface area (Å²) in [7, 11) is 0. The van der Waals surface area contributed by atoms with Gasteiger partial charge in [-0.2, -0.15) is 0 Å². The van der Waals surface area contributed by atoms with Gasteiger partial charge in [0.25, 0.3) is 0 Å². The predicted octanol–water partition coefficient (Wildman–Crippen LogP) is 11.2. The third kappa shape index (κ3) is 3.81. The number of para-hydroxylation sites is 2. The Bertz CT molecular complexity index is 1870. The van der Waals surface area contributed by atoms with E-state index in [2.05, 4.69) is 157 Å². The number of hydrogen-bond donors (Lipinski definition) is 0. The maximum absolute atomic E-state index is 2.75. The maximum Gasteiger partial charge on any atom is 0.0567 e. The van der Waals surface area contributed by atoms with E-state index in [1.807, 2.05) is 0 Å². The molecule has 3 aliphatic heterocycles. The largest absolute Gasteiger partial charge is 0.334 e. The highest BCUT2D eigenvalue weighted by Gasteiger charge is 2.56. The highest BCUT2D eigenvalue weighted by Crippen LogP contribution is 2.66. The first-order valence-corrected chi connectivity index (χ1v) is 17.0. The van der Waals surface area contributed by atoms with E-state index in [1.54, 1.807) is 11.1 Å². The molecule has 3 heterocycles. The Morgan fingerprint density at radius 3 is 1.91 bits per heavy atom. The first-order valence-electron chi connectivity index (χ1n) is 17.0. The second-order valence-corrected chi connectivity index (χ2v) is 16.6. The lowest BCUT2D eigenvalue weighted by Gasteiger charge is -2.60. The number of piperidine rings is 1. The lowest BCUT2D eigenvalue weighted by Crippen LogP contribution is -2.52. The fourth-order valence-electron chi connectivity index (χ4n) is 9.27. The van der Waals surface area contributed by atoms with E-state index in [1.165, 1.54) is 56.3 Å².